The molecule has 5 rings (SSSR count). The van der Waals surface area contributed by atoms with E-state index < -0.39 is 12.5 Å². The standard InChI is InChI=1S/C25H26F2N2O5/c1-13-7-20-23(21(8-13)33-14(2)24(26)27)25(31)29-11-18(9-16(29)12-32-20)34-17-5-3-15-4-6-22(30)28-19(15)10-17/h3,5,7-8,10,14,16,18,24H,4,6,9,11-12H2,1-2H3,(H,28,30)/t14?,16-,18+/m1/s1. The van der Waals surface area contributed by atoms with Gasteiger partial charge in [-0.25, -0.2) is 8.78 Å². The van der Waals surface area contributed by atoms with Crippen molar-refractivity contribution >= 4 is 17.5 Å². The third kappa shape index (κ3) is 4.26. The molecule has 0 spiro atoms. The Hall–Kier alpha value is -3.36. The molecule has 1 fully saturated rings. The molecule has 3 aliphatic heterocycles. The number of fused-ring (bicyclic) bond motifs is 3. The molecule has 2 aromatic rings. The Kier molecular flexibility index (Phi) is 5.79. The van der Waals surface area contributed by atoms with Gasteiger partial charge in [-0.15, -0.1) is 0 Å². The number of amides is 2. The van der Waals surface area contributed by atoms with E-state index in [1.807, 2.05) is 18.2 Å². The molecular formula is C25H26F2N2O5. The second kappa shape index (κ2) is 8.77. The second-order valence-corrected chi connectivity index (χ2v) is 9.06. The lowest BCUT2D eigenvalue weighted by atomic mass is 10.0. The molecule has 3 atom stereocenters. The highest BCUT2D eigenvalue weighted by Crippen LogP contribution is 2.38. The van der Waals surface area contributed by atoms with Crippen molar-refractivity contribution in [1.29, 1.82) is 0 Å². The zero-order valence-electron chi connectivity index (χ0n) is 19.0. The number of ether oxygens (including phenoxy) is 3. The van der Waals surface area contributed by atoms with Crippen LogP contribution in [0.3, 0.4) is 0 Å². The minimum Gasteiger partial charge on any atom is -0.490 e. The van der Waals surface area contributed by atoms with Gasteiger partial charge in [-0.05, 0) is 49.6 Å². The van der Waals surface area contributed by atoms with Gasteiger partial charge in [-0.2, -0.15) is 0 Å². The van der Waals surface area contributed by atoms with Crippen molar-refractivity contribution in [1.82, 2.24) is 4.90 Å². The van der Waals surface area contributed by atoms with Crippen LogP contribution in [0.15, 0.2) is 30.3 Å². The van der Waals surface area contributed by atoms with E-state index in [9.17, 15) is 18.4 Å². The Morgan fingerprint density at radius 2 is 2.00 bits per heavy atom. The lowest BCUT2D eigenvalue weighted by Crippen LogP contribution is -2.37. The maximum absolute atomic E-state index is 13.5. The van der Waals surface area contributed by atoms with E-state index in [4.69, 9.17) is 14.2 Å². The molecule has 7 nitrogen and oxygen atoms in total. The molecule has 1 saturated heterocycles. The maximum atomic E-state index is 13.5. The lowest BCUT2D eigenvalue weighted by molar-refractivity contribution is -0.116. The number of nitrogens with one attached hydrogen (secondary N) is 1. The van der Waals surface area contributed by atoms with Crippen LogP contribution in [0.25, 0.3) is 0 Å². The van der Waals surface area contributed by atoms with E-state index in [0.717, 1.165) is 16.8 Å². The van der Waals surface area contributed by atoms with Gasteiger partial charge in [-0.3, -0.25) is 9.59 Å². The monoisotopic (exact) mass is 472 g/mol. The number of aryl methyl sites for hydroxylation is 2. The van der Waals surface area contributed by atoms with Gasteiger partial charge in [0.1, 0.15) is 35.5 Å². The summed E-state index contributed by atoms with van der Waals surface area (Å²) in [6, 6.07) is 8.72. The third-order valence-electron chi connectivity index (χ3n) is 6.44. The van der Waals surface area contributed by atoms with E-state index in [1.54, 1.807) is 24.0 Å². The summed E-state index contributed by atoms with van der Waals surface area (Å²) in [5, 5.41) is 2.86. The van der Waals surface area contributed by atoms with Gasteiger partial charge in [0.25, 0.3) is 12.3 Å². The van der Waals surface area contributed by atoms with Crippen LogP contribution in [0.4, 0.5) is 14.5 Å². The number of hydrogen-bond donors (Lipinski definition) is 1. The number of carbonyl (C=O) groups is 2. The first-order valence-corrected chi connectivity index (χ1v) is 11.4. The summed E-state index contributed by atoms with van der Waals surface area (Å²) in [4.78, 5) is 26.9. The second-order valence-electron chi connectivity index (χ2n) is 9.06. The first kappa shape index (κ1) is 22.4. The molecule has 34 heavy (non-hydrogen) atoms. The molecule has 0 radical (unpaired) electrons. The van der Waals surface area contributed by atoms with Gasteiger partial charge in [0.05, 0.1) is 12.6 Å². The molecule has 180 valence electrons. The fraction of sp³-hybridized carbons (Fsp3) is 0.440. The van der Waals surface area contributed by atoms with Crippen molar-refractivity contribution in [2.75, 3.05) is 18.5 Å². The summed E-state index contributed by atoms with van der Waals surface area (Å²) < 4.78 is 43.8. The molecule has 3 aliphatic rings. The van der Waals surface area contributed by atoms with Crippen molar-refractivity contribution in [2.24, 2.45) is 0 Å². The SMILES string of the molecule is Cc1cc2c(c(OC(C)C(F)F)c1)C(=O)N1C[C@@H](Oc3ccc4c(c3)NC(=O)CC4)C[C@@H]1CO2. The molecule has 9 heteroatoms. The first-order chi connectivity index (χ1) is 16.3. The van der Waals surface area contributed by atoms with E-state index >= 15 is 0 Å². The van der Waals surface area contributed by atoms with Gasteiger partial charge in [0, 0.05) is 24.6 Å². The van der Waals surface area contributed by atoms with Gasteiger partial charge in [-0.1, -0.05) is 6.07 Å². The van der Waals surface area contributed by atoms with Gasteiger partial charge >= 0.3 is 0 Å². The number of anilines is 1. The van der Waals surface area contributed by atoms with Crippen LogP contribution in [0.1, 0.15) is 41.3 Å². The van der Waals surface area contributed by atoms with Crippen LogP contribution < -0.4 is 19.5 Å². The molecule has 3 heterocycles. The average molecular weight is 472 g/mol. The first-order valence-electron chi connectivity index (χ1n) is 11.4. The van der Waals surface area contributed by atoms with Crippen molar-refractivity contribution in [3.63, 3.8) is 0 Å². The predicted octanol–water partition coefficient (Wildman–Crippen LogP) is 3.97. The largest absolute Gasteiger partial charge is 0.490 e. The number of carbonyl (C=O) groups excluding carboxylic acids is 2. The fourth-order valence-electron chi connectivity index (χ4n) is 4.70. The van der Waals surface area contributed by atoms with Crippen molar-refractivity contribution in [3.8, 4) is 17.2 Å². The molecule has 0 aromatic heterocycles. The highest BCUT2D eigenvalue weighted by Gasteiger charge is 2.42. The molecule has 0 bridgehead atoms. The molecule has 2 amide bonds. The van der Waals surface area contributed by atoms with Crippen molar-refractivity contribution < 1.29 is 32.6 Å². The summed E-state index contributed by atoms with van der Waals surface area (Å²) >= 11 is 0. The highest BCUT2D eigenvalue weighted by molar-refractivity contribution is 6.00. The Labute approximate surface area is 196 Å². The molecule has 1 N–H and O–H groups in total. The lowest BCUT2D eigenvalue weighted by Gasteiger charge is -2.22. The van der Waals surface area contributed by atoms with E-state index in [0.29, 0.717) is 37.3 Å². The van der Waals surface area contributed by atoms with Crippen LogP contribution >= 0.6 is 0 Å². The minimum atomic E-state index is -2.68. The Morgan fingerprint density at radius 3 is 2.79 bits per heavy atom. The molecule has 2 aromatic carbocycles. The van der Waals surface area contributed by atoms with Gasteiger partial charge in [0.15, 0.2) is 6.10 Å². The average Bonchev–Trinajstić information content (AvgIpc) is 3.13. The van der Waals surface area contributed by atoms with E-state index in [-0.39, 0.29) is 41.9 Å². The number of rotatable bonds is 5. The molecule has 0 saturated carbocycles. The van der Waals surface area contributed by atoms with Crippen LogP contribution in [-0.2, 0) is 11.2 Å². The van der Waals surface area contributed by atoms with Crippen LogP contribution in [0, 0.1) is 6.92 Å². The minimum absolute atomic E-state index is 0.0188. The van der Waals surface area contributed by atoms with Crippen LogP contribution in [0.5, 0.6) is 17.2 Å². The van der Waals surface area contributed by atoms with Crippen LogP contribution in [-0.4, -0.2) is 54.5 Å². The topological polar surface area (TPSA) is 77.1 Å². The smallest absolute Gasteiger partial charge is 0.274 e. The van der Waals surface area contributed by atoms with Gasteiger partial charge < -0.3 is 24.4 Å². The summed E-state index contributed by atoms with van der Waals surface area (Å²) in [6.07, 6.45) is -2.59. The van der Waals surface area contributed by atoms with Gasteiger partial charge in [0.2, 0.25) is 5.91 Å². The number of halogens is 2. The highest BCUT2D eigenvalue weighted by atomic mass is 19.3. The van der Waals surface area contributed by atoms with E-state index in [1.165, 1.54) is 6.92 Å². The normalized spacial score (nSPS) is 22.2. The number of alkyl halides is 2. The predicted molar refractivity (Wildman–Crippen MR) is 120 cm³/mol. The third-order valence-corrected chi connectivity index (χ3v) is 6.44. The van der Waals surface area contributed by atoms with E-state index in [2.05, 4.69) is 5.32 Å². The molecule has 0 aliphatic carbocycles. The van der Waals surface area contributed by atoms with Crippen molar-refractivity contribution in [2.45, 2.75) is 57.8 Å². The number of nitrogens with zero attached hydrogens (tertiary/aromatic N) is 1. The quantitative estimate of drug-likeness (QED) is 0.713. The Morgan fingerprint density at radius 1 is 1.18 bits per heavy atom. The Balaban J connectivity index is 1.35. The summed E-state index contributed by atoms with van der Waals surface area (Å²) in [5.41, 5.74) is 2.73. The molecule has 1 unspecified atom stereocenters. The Bertz CT molecular complexity index is 1140. The van der Waals surface area contributed by atoms with Crippen molar-refractivity contribution in [3.05, 3.63) is 47.0 Å². The fourth-order valence-corrected chi connectivity index (χ4v) is 4.70. The zero-order chi connectivity index (χ0) is 24.0. The maximum Gasteiger partial charge on any atom is 0.274 e. The number of hydrogen-bond acceptors (Lipinski definition) is 5. The van der Waals surface area contributed by atoms with Crippen LogP contribution in [0.2, 0.25) is 0 Å². The molecular weight excluding hydrogens is 446 g/mol. The summed E-state index contributed by atoms with van der Waals surface area (Å²) in [5.74, 6) is 0.720. The zero-order valence-corrected chi connectivity index (χ0v) is 19.0. The number of benzene rings is 2. The summed E-state index contributed by atoms with van der Waals surface area (Å²) in [7, 11) is 0. The summed E-state index contributed by atoms with van der Waals surface area (Å²) in [6.45, 7) is 3.66.